The van der Waals surface area contributed by atoms with Gasteiger partial charge >= 0.3 is 0 Å². The fourth-order valence-corrected chi connectivity index (χ4v) is 8.50. The molecule has 0 N–H and O–H groups in total. The number of fused-ring (bicyclic) bond motifs is 6. The van der Waals surface area contributed by atoms with Gasteiger partial charge in [-0.05, 0) is 94.7 Å². The van der Waals surface area contributed by atoms with Gasteiger partial charge in [-0.25, -0.2) is 4.98 Å². The maximum absolute atomic E-state index is 5.08. The minimum Gasteiger partial charge on any atom is -0.236 e. The zero-order chi connectivity index (χ0) is 32.3. The van der Waals surface area contributed by atoms with E-state index < -0.39 is 0 Å². The van der Waals surface area contributed by atoms with Gasteiger partial charge in [-0.1, -0.05) is 158 Å². The molecular weight excluding hydrogens is 611 g/mol. The standard InChI is InChI=1S/C47H29NS/c1-2-11-34(12-3-1)47-48-43-29-36(26-27-44(43)49-47)46-40-16-8-6-14-38(40)45(39-15-7-9-17-41(39)46)33-23-18-30(19-24-33)35-25-22-32-21-20-31-10-4-5-13-37(31)42(32)28-35/h1-29H. The summed E-state index contributed by atoms with van der Waals surface area (Å²) in [6, 6.07) is 64.0. The van der Waals surface area contributed by atoms with E-state index in [1.807, 2.05) is 0 Å². The summed E-state index contributed by atoms with van der Waals surface area (Å²) in [6.45, 7) is 0. The normalized spacial score (nSPS) is 11.7. The predicted molar refractivity (Wildman–Crippen MR) is 211 cm³/mol. The summed E-state index contributed by atoms with van der Waals surface area (Å²) >= 11 is 1.75. The topological polar surface area (TPSA) is 12.9 Å². The number of hydrogen-bond donors (Lipinski definition) is 0. The van der Waals surface area contributed by atoms with Crippen molar-refractivity contribution in [2.24, 2.45) is 0 Å². The fraction of sp³-hybridized carbons (Fsp3) is 0. The number of nitrogens with zero attached hydrogens (tertiary/aromatic N) is 1. The van der Waals surface area contributed by atoms with Crippen LogP contribution in [0.25, 0.3) is 97.3 Å². The maximum Gasteiger partial charge on any atom is 0.124 e. The zero-order valence-electron chi connectivity index (χ0n) is 26.6. The fourth-order valence-electron chi connectivity index (χ4n) is 7.55. The van der Waals surface area contributed by atoms with Crippen LogP contribution in [0.5, 0.6) is 0 Å². The van der Waals surface area contributed by atoms with Crippen molar-refractivity contribution >= 4 is 64.6 Å². The molecule has 0 saturated carbocycles. The first-order chi connectivity index (χ1) is 24.3. The minimum absolute atomic E-state index is 1.04. The Bertz CT molecular complexity index is 2810. The molecule has 10 aromatic rings. The van der Waals surface area contributed by atoms with E-state index in [-0.39, 0.29) is 0 Å². The van der Waals surface area contributed by atoms with Crippen LogP contribution in [-0.4, -0.2) is 4.98 Å². The third-order valence-electron chi connectivity index (χ3n) is 9.88. The SMILES string of the molecule is c1ccc(-c2nc3cc(-c4c5ccccc5c(-c5ccc(-c6ccc7ccc8ccccc8c7c6)cc5)c5ccccc45)ccc3s2)cc1. The summed E-state index contributed by atoms with van der Waals surface area (Å²) in [5, 5.41) is 11.2. The highest BCUT2D eigenvalue weighted by Gasteiger charge is 2.18. The van der Waals surface area contributed by atoms with Crippen LogP contribution in [0.3, 0.4) is 0 Å². The molecule has 0 aliphatic heterocycles. The van der Waals surface area contributed by atoms with E-state index in [4.69, 9.17) is 4.98 Å². The van der Waals surface area contributed by atoms with Crippen LogP contribution >= 0.6 is 11.3 Å². The quantitative estimate of drug-likeness (QED) is 0.138. The van der Waals surface area contributed by atoms with Crippen molar-refractivity contribution < 1.29 is 0 Å². The number of hydrogen-bond acceptors (Lipinski definition) is 2. The van der Waals surface area contributed by atoms with E-state index in [0.29, 0.717) is 0 Å². The highest BCUT2D eigenvalue weighted by atomic mass is 32.1. The molecule has 0 spiro atoms. The number of thiazole rings is 1. The van der Waals surface area contributed by atoms with Crippen molar-refractivity contribution in [3.8, 4) is 44.0 Å². The molecule has 1 heterocycles. The Morgan fingerprint density at radius 3 is 1.53 bits per heavy atom. The summed E-state index contributed by atoms with van der Waals surface area (Å²) in [4.78, 5) is 5.08. The molecule has 228 valence electrons. The van der Waals surface area contributed by atoms with Crippen LogP contribution in [-0.2, 0) is 0 Å². The first-order valence-corrected chi connectivity index (χ1v) is 17.5. The molecule has 1 aromatic heterocycles. The van der Waals surface area contributed by atoms with Gasteiger partial charge in [-0.15, -0.1) is 11.3 Å². The van der Waals surface area contributed by atoms with Gasteiger partial charge in [0.2, 0.25) is 0 Å². The second-order valence-corrected chi connectivity index (χ2v) is 13.7. The van der Waals surface area contributed by atoms with Gasteiger partial charge in [0.15, 0.2) is 0 Å². The molecule has 0 amide bonds. The average Bonchev–Trinajstić information content (AvgIpc) is 3.61. The lowest BCUT2D eigenvalue weighted by atomic mass is 9.85. The van der Waals surface area contributed by atoms with E-state index in [1.54, 1.807) is 11.3 Å². The average molecular weight is 640 g/mol. The molecule has 1 nitrogen and oxygen atoms in total. The predicted octanol–water partition coefficient (Wildman–Crippen LogP) is 13.6. The van der Waals surface area contributed by atoms with Gasteiger partial charge in [0, 0.05) is 5.56 Å². The second-order valence-electron chi connectivity index (χ2n) is 12.7. The van der Waals surface area contributed by atoms with Crippen LogP contribution in [0.1, 0.15) is 0 Å². The summed E-state index contributed by atoms with van der Waals surface area (Å²) in [5.74, 6) is 0. The molecule has 0 radical (unpaired) electrons. The van der Waals surface area contributed by atoms with E-state index in [2.05, 4.69) is 176 Å². The molecule has 0 aliphatic rings. The maximum atomic E-state index is 5.08. The van der Waals surface area contributed by atoms with Crippen LogP contribution in [0, 0.1) is 0 Å². The smallest absolute Gasteiger partial charge is 0.124 e. The minimum atomic E-state index is 1.04. The first kappa shape index (κ1) is 28.0. The van der Waals surface area contributed by atoms with Crippen LogP contribution in [0.4, 0.5) is 0 Å². The molecular formula is C47H29NS. The molecule has 0 fully saturated rings. The van der Waals surface area contributed by atoms with Gasteiger partial charge in [-0.3, -0.25) is 0 Å². The van der Waals surface area contributed by atoms with Gasteiger partial charge in [0.05, 0.1) is 10.2 Å². The van der Waals surface area contributed by atoms with E-state index in [9.17, 15) is 0 Å². The largest absolute Gasteiger partial charge is 0.236 e. The molecule has 9 aromatic carbocycles. The second kappa shape index (κ2) is 11.3. The third kappa shape index (κ3) is 4.64. The molecule has 0 unspecified atom stereocenters. The summed E-state index contributed by atoms with van der Waals surface area (Å²) in [7, 11) is 0. The molecule has 2 heteroatoms. The van der Waals surface area contributed by atoms with Crippen LogP contribution in [0.2, 0.25) is 0 Å². The van der Waals surface area contributed by atoms with E-state index in [0.717, 1.165) is 16.1 Å². The molecule has 49 heavy (non-hydrogen) atoms. The lowest BCUT2D eigenvalue weighted by molar-refractivity contribution is 1.48. The van der Waals surface area contributed by atoms with Crippen molar-refractivity contribution in [2.45, 2.75) is 0 Å². The monoisotopic (exact) mass is 639 g/mol. The Morgan fingerprint density at radius 1 is 0.327 bits per heavy atom. The van der Waals surface area contributed by atoms with Crippen LogP contribution < -0.4 is 0 Å². The molecule has 10 rings (SSSR count). The Hall–Kier alpha value is -6.09. The Labute approximate surface area is 288 Å². The molecule has 0 saturated heterocycles. The van der Waals surface area contributed by atoms with E-state index in [1.165, 1.54) is 81.2 Å². The third-order valence-corrected chi connectivity index (χ3v) is 11.0. The summed E-state index contributed by atoms with van der Waals surface area (Å²) in [6.07, 6.45) is 0. The van der Waals surface area contributed by atoms with Gasteiger partial charge in [0.25, 0.3) is 0 Å². The molecule has 0 atom stereocenters. The molecule has 0 bridgehead atoms. The van der Waals surface area contributed by atoms with Crippen molar-refractivity contribution in [1.82, 2.24) is 4.98 Å². The Morgan fingerprint density at radius 2 is 0.837 bits per heavy atom. The Kier molecular flexibility index (Phi) is 6.43. The molecule has 0 aliphatic carbocycles. The van der Waals surface area contributed by atoms with Crippen LogP contribution in [0.15, 0.2) is 176 Å². The summed E-state index contributed by atoms with van der Waals surface area (Å²) in [5.41, 5.74) is 9.58. The zero-order valence-corrected chi connectivity index (χ0v) is 27.4. The lowest BCUT2D eigenvalue weighted by Gasteiger charge is -2.18. The number of rotatable bonds is 4. The lowest BCUT2D eigenvalue weighted by Crippen LogP contribution is -1.91. The van der Waals surface area contributed by atoms with Crippen molar-refractivity contribution in [3.63, 3.8) is 0 Å². The highest BCUT2D eigenvalue weighted by molar-refractivity contribution is 7.21. The number of benzene rings is 9. The van der Waals surface area contributed by atoms with Crippen molar-refractivity contribution in [3.05, 3.63) is 176 Å². The van der Waals surface area contributed by atoms with Gasteiger partial charge in [-0.2, -0.15) is 0 Å². The highest BCUT2D eigenvalue weighted by Crippen LogP contribution is 2.45. The number of aromatic nitrogens is 1. The first-order valence-electron chi connectivity index (χ1n) is 16.7. The summed E-state index contributed by atoms with van der Waals surface area (Å²) < 4.78 is 1.20. The van der Waals surface area contributed by atoms with Crippen molar-refractivity contribution in [1.29, 1.82) is 0 Å². The van der Waals surface area contributed by atoms with E-state index >= 15 is 0 Å². The van der Waals surface area contributed by atoms with Gasteiger partial charge in [0.1, 0.15) is 5.01 Å². The van der Waals surface area contributed by atoms with Gasteiger partial charge < -0.3 is 0 Å². The van der Waals surface area contributed by atoms with Crippen molar-refractivity contribution in [2.75, 3.05) is 0 Å². The Balaban J connectivity index is 1.12.